The molecule has 3 rings (SSSR count). The van der Waals surface area contributed by atoms with Gasteiger partial charge in [-0.2, -0.15) is 5.10 Å². The van der Waals surface area contributed by atoms with Gasteiger partial charge in [0.2, 0.25) is 0 Å². The van der Waals surface area contributed by atoms with E-state index in [1.165, 1.54) is 6.26 Å². The maximum Gasteiger partial charge on any atom is 0.278 e. The van der Waals surface area contributed by atoms with Gasteiger partial charge in [-0.25, -0.2) is 4.68 Å². The minimum Gasteiger partial charge on any atom is -0.462 e. The van der Waals surface area contributed by atoms with Crippen LogP contribution in [0.5, 0.6) is 0 Å². The largest absolute Gasteiger partial charge is 0.462 e. The molecule has 5 nitrogen and oxygen atoms in total. The summed E-state index contributed by atoms with van der Waals surface area (Å²) < 4.78 is 12.4. The van der Waals surface area contributed by atoms with Crippen molar-refractivity contribution in [2.24, 2.45) is 0 Å². The van der Waals surface area contributed by atoms with Crippen molar-refractivity contribution in [1.29, 1.82) is 0 Å². The monoisotopic (exact) mass is 248 g/mol. The van der Waals surface area contributed by atoms with E-state index in [4.69, 9.17) is 9.15 Å². The SMILES string of the molecule is CC1CC(n2ncc3occc3c2=O)CC(C)O1. The first-order valence-electron chi connectivity index (χ1n) is 6.25. The second-order valence-corrected chi connectivity index (χ2v) is 4.98. The Morgan fingerprint density at radius 3 is 2.78 bits per heavy atom. The third-order valence-electron chi connectivity index (χ3n) is 3.45. The van der Waals surface area contributed by atoms with E-state index in [1.54, 1.807) is 16.9 Å². The lowest BCUT2D eigenvalue weighted by atomic mass is 10.00. The predicted molar refractivity (Wildman–Crippen MR) is 66.5 cm³/mol. The molecule has 2 aromatic heterocycles. The molecule has 3 heterocycles. The Bertz CT molecular complexity index is 606. The van der Waals surface area contributed by atoms with Gasteiger partial charge in [-0.05, 0) is 32.8 Å². The lowest BCUT2D eigenvalue weighted by molar-refractivity contribution is -0.0513. The fourth-order valence-corrected chi connectivity index (χ4v) is 2.72. The van der Waals surface area contributed by atoms with Gasteiger partial charge < -0.3 is 9.15 Å². The van der Waals surface area contributed by atoms with Gasteiger partial charge in [0.15, 0.2) is 5.58 Å². The molecule has 2 atom stereocenters. The van der Waals surface area contributed by atoms with Gasteiger partial charge in [0.1, 0.15) is 0 Å². The van der Waals surface area contributed by atoms with Crippen LogP contribution in [0.1, 0.15) is 32.7 Å². The van der Waals surface area contributed by atoms with E-state index in [9.17, 15) is 4.79 Å². The highest BCUT2D eigenvalue weighted by molar-refractivity contribution is 5.74. The standard InChI is InChI=1S/C13H16N2O3/c1-8-5-10(6-9(2)18-8)15-13(16)11-3-4-17-12(11)7-14-15/h3-4,7-10H,5-6H2,1-2H3. The van der Waals surface area contributed by atoms with Crippen molar-refractivity contribution in [3.8, 4) is 0 Å². The molecule has 0 aliphatic carbocycles. The van der Waals surface area contributed by atoms with Crippen LogP contribution in [-0.4, -0.2) is 22.0 Å². The van der Waals surface area contributed by atoms with E-state index < -0.39 is 0 Å². The lowest BCUT2D eigenvalue weighted by Gasteiger charge is -2.32. The highest BCUT2D eigenvalue weighted by Gasteiger charge is 2.27. The van der Waals surface area contributed by atoms with Crippen LogP contribution in [0.25, 0.3) is 11.0 Å². The minimum absolute atomic E-state index is 0.0763. The molecule has 1 aliphatic heterocycles. The van der Waals surface area contributed by atoms with Crippen LogP contribution in [0, 0.1) is 0 Å². The first kappa shape index (κ1) is 11.5. The van der Waals surface area contributed by atoms with Crippen molar-refractivity contribution < 1.29 is 9.15 Å². The molecule has 1 saturated heterocycles. The van der Waals surface area contributed by atoms with E-state index >= 15 is 0 Å². The van der Waals surface area contributed by atoms with Gasteiger partial charge in [0.25, 0.3) is 5.56 Å². The van der Waals surface area contributed by atoms with Crippen LogP contribution >= 0.6 is 0 Å². The molecule has 96 valence electrons. The summed E-state index contributed by atoms with van der Waals surface area (Å²) in [5, 5.41) is 4.82. The molecular formula is C13H16N2O3. The number of ether oxygens (including phenoxy) is 1. The van der Waals surface area contributed by atoms with Crippen LogP contribution in [0.2, 0.25) is 0 Å². The summed E-state index contributed by atoms with van der Waals surface area (Å²) in [6.45, 7) is 4.06. The van der Waals surface area contributed by atoms with Gasteiger partial charge in [0.05, 0.1) is 36.1 Å². The average Bonchev–Trinajstić information content (AvgIpc) is 2.77. The molecule has 0 N–H and O–H groups in total. The Balaban J connectivity index is 2.03. The van der Waals surface area contributed by atoms with Crippen molar-refractivity contribution in [2.75, 3.05) is 0 Å². The van der Waals surface area contributed by atoms with Gasteiger partial charge in [-0.15, -0.1) is 0 Å². The molecule has 0 bridgehead atoms. The molecule has 0 aromatic carbocycles. The molecule has 2 aromatic rings. The van der Waals surface area contributed by atoms with Crippen LogP contribution in [0.3, 0.4) is 0 Å². The molecule has 0 spiro atoms. The summed E-state index contributed by atoms with van der Waals surface area (Å²) in [7, 11) is 0. The van der Waals surface area contributed by atoms with Crippen molar-refractivity contribution >= 4 is 11.0 Å². The number of rotatable bonds is 1. The van der Waals surface area contributed by atoms with Crippen molar-refractivity contribution in [2.45, 2.75) is 44.9 Å². The number of furan rings is 1. The fraction of sp³-hybridized carbons (Fsp3) is 0.538. The van der Waals surface area contributed by atoms with Crippen LogP contribution in [0.4, 0.5) is 0 Å². The topological polar surface area (TPSA) is 57.3 Å². The first-order valence-corrected chi connectivity index (χ1v) is 6.25. The summed E-state index contributed by atoms with van der Waals surface area (Å²) in [4.78, 5) is 12.3. The zero-order chi connectivity index (χ0) is 12.7. The van der Waals surface area contributed by atoms with Crippen molar-refractivity contribution in [3.05, 3.63) is 28.9 Å². The number of hydrogen-bond donors (Lipinski definition) is 0. The molecule has 0 saturated carbocycles. The van der Waals surface area contributed by atoms with E-state index in [0.717, 1.165) is 12.8 Å². The second-order valence-electron chi connectivity index (χ2n) is 4.98. The highest BCUT2D eigenvalue weighted by atomic mass is 16.5. The second kappa shape index (κ2) is 4.24. The van der Waals surface area contributed by atoms with Crippen molar-refractivity contribution in [3.63, 3.8) is 0 Å². The Morgan fingerprint density at radius 1 is 1.33 bits per heavy atom. The highest BCUT2D eigenvalue weighted by Crippen LogP contribution is 2.27. The quantitative estimate of drug-likeness (QED) is 0.775. The van der Waals surface area contributed by atoms with Crippen LogP contribution < -0.4 is 5.56 Å². The Labute approximate surface area is 104 Å². The lowest BCUT2D eigenvalue weighted by Crippen LogP contribution is -2.36. The van der Waals surface area contributed by atoms with Gasteiger partial charge in [0, 0.05) is 0 Å². The van der Waals surface area contributed by atoms with Gasteiger partial charge in [-0.1, -0.05) is 0 Å². The zero-order valence-corrected chi connectivity index (χ0v) is 10.5. The Kier molecular flexibility index (Phi) is 2.70. The zero-order valence-electron chi connectivity index (χ0n) is 10.5. The van der Waals surface area contributed by atoms with Crippen LogP contribution in [0.15, 0.2) is 27.7 Å². The molecule has 2 unspecified atom stereocenters. The summed E-state index contributed by atoms with van der Waals surface area (Å²) in [5.74, 6) is 0. The fourth-order valence-electron chi connectivity index (χ4n) is 2.72. The molecule has 1 fully saturated rings. The Morgan fingerprint density at radius 2 is 2.06 bits per heavy atom. The maximum absolute atomic E-state index is 12.3. The summed E-state index contributed by atoms with van der Waals surface area (Å²) in [6.07, 6.45) is 5.09. The summed E-state index contributed by atoms with van der Waals surface area (Å²) >= 11 is 0. The molecule has 0 amide bonds. The third-order valence-corrected chi connectivity index (χ3v) is 3.45. The predicted octanol–water partition coefficient (Wildman–Crippen LogP) is 2.12. The van der Waals surface area contributed by atoms with E-state index in [-0.39, 0.29) is 23.8 Å². The molecular weight excluding hydrogens is 232 g/mol. The number of hydrogen-bond acceptors (Lipinski definition) is 4. The van der Waals surface area contributed by atoms with Crippen molar-refractivity contribution in [1.82, 2.24) is 9.78 Å². The Hall–Kier alpha value is -1.62. The van der Waals surface area contributed by atoms with E-state index in [1.807, 2.05) is 13.8 Å². The molecule has 18 heavy (non-hydrogen) atoms. The molecule has 0 radical (unpaired) electrons. The number of nitrogens with zero attached hydrogens (tertiary/aromatic N) is 2. The smallest absolute Gasteiger partial charge is 0.278 e. The maximum atomic E-state index is 12.3. The van der Waals surface area contributed by atoms with Gasteiger partial charge in [-0.3, -0.25) is 4.79 Å². The summed E-state index contributed by atoms with van der Waals surface area (Å²) in [5.41, 5.74) is 0.469. The van der Waals surface area contributed by atoms with E-state index in [2.05, 4.69) is 5.10 Å². The van der Waals surface area contributed by atoms with Gasteiger partial charge >= 0.3 is 0 Å². The molecule has 5 heteroatoms. The minimum atomic E-state index is -0.0763. The number of aromatic nitrogens is 2. The normalized spacial score (nSPS) is 28.7. The summed E-state index contributed by atoms with van der Waals surface area (Å²) in [6, 6.07) is 1.80. The molecule has 1 aliphatic rings. The van der Waals surface area contributed by atoms with E-state index in [0.29, 0.717) is 11.0 Å². The van der Waals surface area contributed by atoms with Crippen LogP contribution in [-0.2, 0) is 4.74 Å². The average molecular weight is 248 g/mol. The first-order chi connectivity index (χ1) is 8.65. The number of fused-ring (bicyclic) bond motifs is 1. The third kappa shape index (κ3) is 1.84.